The van der Waals surface area contributed by atoms with Crippen LogP contribution in [0.1, 0.15) is 18.4 Å². The van der Waals surface area contributed by atoms with Crippen LogP contribution >= 0.6 is 24.8 Å². The Morgan fingerprint density at radius 1 is 1.14 bits per heavy atom. The minimum absolute atomic E-state index is 0. The Kier molecular flexibility index (Phi) is 10.0. The summed E-state index contributed by atoms with van der Waals surface area (Å²) in [5, 5.41) is 2.66. The van der Waals surface area contributed by atoms with Gasteiger partial charge in [-0.05, 0) is 37.6 Å². The summed E-state index contributed by atoms with van der Waals surface area (Å²) in [5.74, 6) is 0.0324. The van der Waals surface area contributed by atoms with E-state index in [2.05, 4.69) is 15.1 Å². The number of carbonyl (C=O) groups is 1. The van der Waals surface area contributed by atoms with Gasteiger partial charge in [-0.15, -0.1) is 24.8 Å². The molecule has 2 saturated heterocycles. The second kappa shape index (κ2) is 11.2. The van der Waals surface area contributed by atoms with E-state index in [1.54, 1.807) is 13.1 Å². The van der Waals surface area contributed by atoms with Gasteiger partial charge < -0.3 is 10.2 Å². The number of hydrogen-bond acceptors (Lipinski definition) is 4. The number of amides is 1. The number of hydrogen-bond donors (Lipinski definition) is 1. The maximum atomic E-state index is 12.9. The zero-order valence-electron chi connectivity index (χ0n) is 16.5. The molecular formula is C19H29Cl2F3N4O. The molecule has 0 aliphatic carbocycles. The number of benzene rings is 1. The molecule has 0 bridgehead atoms. The van der Waals surface area contributed by atoms with Crippen molar-refractivity contribution in [3.8, 4) is 0 Å². The Morgan fingerprint density at radius 2 is 1.83 bits per heavy atom. The summed E-state index contributed by atoms with van der Waals surface area (Å²) in [7, 11) is 1.65. The molecule has 0 spiro atoms. The molecule has 0 radical (unpaired) electrons. The maximum Gasteiger partial charge on any atom is 0.416 e. The fraction of sp³-hybridized carbons (Fsp3) is 0.632. The summed E-state index contributed by atoms with van der Waals surface area (Å²) in [4.78, 5) is 18.2. The van der Waals surface area contributed by atoms with Gasteiger partial charge in [-0.25, -0.2) is 0 Å². The van der Waals surface area contributed by atoms with Crippen LogP contribution < -0.4 is 10.2 Å². The van der Waals surface area contributed by atoms with Crippen LogP contribution in [0.4, 0.5) is 18.9 Å². The smallest absolute Gasteiger partial charge is 0.369 e. The molecule has 10 heteroatoms. The Hall–Kier alpha value is -1.22. The minimum atomic E-state index is -4.31. The molecule has 29 heavy (non-hydrogen) atoms. The summed E-state index contributed by atoms with van der Waals surface area (Å²) in [5.41, 5.74) is 0.0360. The van der Waals surface area contributed by atoms with E-state index in [0.717, 1.165) is 45.1 Å². The van der Waals surface area contributed by atoms with E-state index in [1.165, 1.54) is 12.1 Å². The molecule has 2 heterocycles. The molecule has 1 atom stereocenters. The van der Waals surface area contributed by atoms with Crippen molar-refractivity contribution < 1.29 is 18.0 Å². The molecule has 1 aromatic rings. The number of halogens is 5. The molecule has 3 rings (SSSR count). The third kappa shape index (κ3) is 6.91. The Balaban J connectivity index is 0.00000210. The largest absolute Gasteiger partial charge is 0.416 e. The first-order chi connectivity index (χ1) is 12.9. The van der Waals surface area contributed by atoms with Gasteiger partial charge in [-0.2, -0.15) is 13.2 Å². The van der Waals surface area contributed by atoms with Crippen LogP contribution in [0.2, 0.25) is 0 Å². The Morgan fingerprint density at radius 3 is 2.45 bits per heavy atom. The first-order valence-corrected chi connectivity index (χ1v) is 9.46. The first kappa shape index (κ1) is 25.8. The number of anilines is 1. The van der Waals surface area contributed by atoms with Gasteiger partial charge in [-0.3, -0.25) is 14.6 Å². The number of piperidine rings is 1. The van der Waals surface area contributed by atoms with E-state index in [1.807, 2.05) is 4.90 Å². The van der Waals surface area contributed by atoms with E-state index < -0.39 is 11.7 Å². The number of likely N-dealkylation sites (N-methyl/N-ethyl adjacent to an activating group) is 1. The van der Waals surface area contributed by atoms with E-state index in [4.69, 9.17) is 0 Å². The number of likely N-dealkylation sites (tertiary alicyclic amines) is 1. The van der Waals surface area contributed by atoms with Gasteiger partial charge in [0.1, 0.15) is 0 Å². The lowest BCUT2D eigenvalue weighted by atomic mass is 10.0. The van der Waals surface area contributed by atoms with Gasteiger partial charge >= 0.3 is 6.18 Å². The molecule has 166 valence electrons. The average Bonchev–Trinajstić information content (AvgIpc) is 2.68. The number of carbonyl (C=O) groups excluding carboxylic acids is 1. The number of rotatable bonds is 4. The first-order valence-electron chi connectivity index (χ1n) is 9.46. The van der Waals surface area contributed by atoms with Gasteiger partial charge in [0, 0.05) is 51.5 Å². The highest BCUT2D eigenvalue weighted by Crippen LogP contribution is 2.32. The molecule has 1 aromatic carbocycles. The number of alkyl halides is 3. The second-order valence-electron chi connectivity index (χ2n) is 7.28. The minimum Gasteiger partial charge on any atom is -0.369 e. The molecule has 2 aliphatic rings. The lowest BCUT2D eigenvalue weighted by molar-refractivity contribution is -0.137. The van der Waals surface area contributed by atoms with Crippen LogP contribution in [-0.2, 0) is 11.0 Å². The van der Waals surface area contributed by atoms with E-state index >= 15 is 0 Å². The summed E-state index contributed by atoms with van der Waals surface area (Å²) in [6.07, 6.45) is -2.14. The van der Waals surface area contributed by atoms with Crippen LogP contribution in [0.5, 0.6) is 0 Å². The lowest BCUT2D eigenvalue weighted by Gasteiger charge is -2.43. The Labute approximate surface area is 182 Å². The van der Waals surface area contributed by atoms with Gasteiger partial charge in [0.15, 0.2) is 0 Å². The van der Waals surface area contributed by atoms with Crippen molar-refractivity contribution in [2.75, 3.05) is 57.8 Å². The van der Waals surface area contributed by atoms with Gasteiger partial charge in [-0.1, -0.05) is 6.07 Å². The van der Waals surface area contributed by atoms with Gasteiger partial charge in [0.2, 0.25) is 5.91 Å². The number of nitrogens with one attached hydrogen (secondary N) is 1. The van der Waals surface area contributed by atoms with Crippen LogP contribution in [0.3, 0.4) is 0 Å². The highest BCUT2D eigenvalue weighted by molar-refractivity contribution is 5.85. The van der Waals surface area contributed by atoms with E-state index in [9.17, 15) is 18.0 Å². The monoisotopic (exact) mass is 456 g/mol. The predicted octanol–water partition coefficient (Wildman–Crippen LogP) is 2.88. The third-order valence-corrected chi connectivity index (χ3v) is 5.50. The van der Waals surface area contributed by atoms with Crippen LogP contribution in [0.25, 0.3) is 0 Å². The molecule has 1 amide bonds. The topological polar surface area (TPSA) is 38.8 Å². The van der Waals surface area contributed by atoms with Crippen LogP contribution in [-0.4, -0.2) is 74.6 Å². The fourth-order valence-corrected chi connectivity index (χ4v) is 3.98. The predicted molar refractivity (Wildman–Crippen MR) is 113 cm³/mol. The SMILES string of the molecule is CNC(=O)CN1CCCC(N2CCN(c3cccc(C(F)(F)F)c3)CC2)C1.Cl.Cl. The van der Waals surface area contributed by atoms with Crippen LogP contribution in [0, 0.1) is 0 Å². The van der Waals surface area contributed by atoms with Gasteiger partial charge in [0.25, 0.3) is 0 Å². The average molecular weight is 457 g/mol. The zero-order chi connectivity index (χ0) is 19.4. The zero-order valence-corrected chi connectivity index (χ0v) is 18.1. The van der Waals surface area contributed by atoms with Crippen LogP contribution in [0.15, 0.2) is 24.3 Å². The van der Waals surface area contributed by atoms with E-state index in [-0.39, 0.29) is 30.7 Å². The molecule has 0 saturated carbocycles. The quantitative estimate of drug-likeness (QED) is 0.755. The highest BCUT2D eigenvalue weighted by atomic mass is 35.5. The van der Waals surface area contributed by atoms with Crippen molar-refractivity contribution in [3.63, 3.8) is 0 Å². The summed E-state index contributed by atoms with van der Waals surface area (Å²) < 4.78 is 38.8. The Bertz CT molecular complexity index is 655. The van der Waals surface area contributed by atoms with Crippen molar-refractivity contribution in [3.05, 3.63) is 29.8 Å². The molecule has 1 N–H and O–H groups in total. The van der Waals surface area contributed by atoms with Crippen molar-refractivity contribution in [2.24, 2.45) is 0 Å². The van der Waals surface area contributed by atoms with Crippen molar-refractivity contribution in [1.82, 2.24) is 15.1 Å². The summed E-state index contributed by atoms with van der Waals surface area (Å²) in [6.45, 7) is 5.33. The lowest BCUT2D eigenvalue weighted by Crippen LogP contribution is -2.55. The van der Waals surface area contributed by atoms with Gasteiger partial charge in [0.05, 0.1) is 12.1 Å². The third-order valence-electron chi connectivity index (χ3n) is 5.50. The molecule has 2 fully saturated rings. The molecule has 5 nitrogen and oxygen atoms in total. The van der Waals surface area contributed by atoms with Crippen molar-refractivity contribution in [2.45, 2.75) is 25.1 Å². The molecular weight excluding hydrogens is 428 g/mol. The van der Waals surface area contributed by atoms with Crippen molar-refractivity contribution in [1.29, 1.82) is 0 Å². The fourth-order valence-electron chi connectivity index (χ4n) is 3.98. The summed E-state index contributed by atoms with van der Waals surface area (Å²) in [6, 6.07) is 5.98. The number of piperazine rings is 1. The summed E-state index contributed by atoms with van der Waals surface area (Å²) >= 11 is 0. The van der Waals surface area contributed by atoms with E-state index in [0.29, 0.717) is 31.4 Å². The molecule has 0 aromatic heterocycles. The molecule has 1 unspecified atom stereocenters. The highest BCUT2D eigenvalue weighted by Gasteiger charge is 2.32. The maximum absolute atomic E-state index is 12.9. The standard InChI is InChI=1S/C19H27F3N4O.2ClH/c1-23-18(27)14-24-7-3-6-17(13-24)26-10-8-25(9-11-26)16-5-2-4-15(12-16)19(20,21)22;;/h2,4-5,12,17H,3,6-11,13-14H2,1H3,(H,23,27);2*1H. The van der Waals surface area contributed by atoms with Crippen molar-refractivity contribution >= 4 is 36.4 Å². The number of nitrogens with zero attached hydrogens (tertiary/aromatic N) is 3. The molecule has 2 aliphatic heterocycles. The normalized spacial score (nSPS) is 21.1. The second-order valence-corrected chi connectivity index (χ2v) is 7.28.